The molecule has 1 saturated heterocycles. The van der Waals surface area contributed by atoms with Gasteiger partial charge < -0.3 is 30.3 Å². The smallest absolute Gasteiger partial charge is 0.260 e. The molecule has 1 fully saturated rings. The maximum atomic E-state index is 13.9. The van der Waals surface area contributed by atoms with Crippen molar-refractivity contribution in [1.82, 2.24) is 40.5 Å². The van der Waals surface area contributed by atoms with E-state index >= 15 is 0 Å². The molecule has 52 heavy (non-hydrogen) atoms. The van der Waals surface area contributed by atoms with Gasteiger partial charge >= 0.3 is 0 Å². The van der Waals surface area contributed by atoms with Crippen molar-refractivity contribution in [2.24, 2.45) is 5.92 Å². The second-order valence-electron chi connectivity index (χ2n) is 13.7. The summed E-state index contributed by atoms with van der Waals surface area (Å²) in [6.07, 6.45) is 1.86. The van der Waals surface area contributed by atoms with Crippen LogP contribution >= 0.6 is 0 Å². The fourth-order valence-electron chi connectivity index (χ4n) is 6.38. The number of hydrogen-bond acceptors (Lipinski definition) is 9. The molecule has 5 rings (SSSR count). The topological polar surface area (TPSA) is 160 Å². The van der Waals surface area contributed by atoms with Crippen molar-refractivity contribution in [1.29, 1.82) is 0 Å². The number of nitrogens with one attached hydrogen (secondary N) is 3. The molecule has 0 radical (unpaired) electrons. The van der Waals surface area contributed by atoms with Gasteiger partial charge in [0.05, 0.1) is 19.3 Å². The molecule has 14 nitrogen and oxygen atoms in total. The van der Waals surface area contributed by atoms with E-state index < -0.39 is 12.1 Å². The Kier molecular flexibility index (Phi) is 14.1. The molecule has 2 aromatic carbocycles. The second-order valence-corrected chi connectivity index (χ2v) is 13.7. The molecular formula is C38H52N8O6. The number of carbonyl (C=O) groups is 4. The van der Waals surface area contributed by atoms with Gasteiger partial charge in [0.15, 0.2) is 12.4 Å². The molecular weight excluding hydrogens is 664 g/mol. The Balaban J connectivity index is 1.27. The summed E-state index contributed by atoms with van der Waals surface area (Å²) in [5, 5.41) is 13.6. The van der Waals surface area contributed by atoms with Crippen LogP contribution in [0.4, 0.5) is 0 Å². The minimum atomic E-state index is -0.809. The minimum Gasteiger partial charge on any atom is -0.484 e. The number of hydrogen-bond donors (Lipinski definition) is 3. The monoisotopic (exact) mass is 716 g/mol. The summed E-state index contributed by atoms with van der Waals surface area (Å²) in [5.74, 6) is 0.773. The molecule has 4 amide bonds. The van der Waals surface area contributed by atoms with E-state index in [1.165, 1.54) is 0 Å². The SMILES string of the molecule is Cc1nc2n(n1)CC(=O)NCCCN(Cc1ccc(OCC(=O)N3CCOCC3)cc1)CCCC(=O)N[C@H](Cc1ccccc1)C(=O)N[C@H]2C(C)C. The van der Waals surface area contributed by atoms with Gasteiger partial charge in [-0.25, -0.2) is 9.67 Å². The van der Waals surface area contributed by atoms with Gasteiger partial charge in [-0.3, -0.25) is 24.1 Å². The molecule has 2 aliphatic heterocycles. The van der Waals surface area contributed by atoms with Crippen molar-refractivity contribution in [2.45, 2.75) is 71.6 Å². The van der Waals surface area contributed by atoms with Crippen molar-refractivity contribution in [2.75, 3.05) is 52.5 Å². The molecule has 3 N–H and O–H groups in total. The molecule has 0 bridgehead atoms. The molecule has 0 spiro atoms. The highest BCUT2D eigenvalue weighted by Gasteiger charge is 2.30. The van der Waals surface area contributed by atoms with Crippen molar-refractivity contribution >= 4 is 23.6 Å². The van der Waals surface area contributed by atoms with E-state index in [0.717, 1.165) is 11.1 Å². The summed E-state index contributed by atoms with van der Waals surface area (Å²) in [6.45, 7) is 10.3. The van der Waals surface area contributed by atoms with Gasteiger partial charge in [-0.15, -0.1) is 0 Å². The van der Waals surface area contributed by atoms with Crippen LogP contribution in [0.15, 0.2) is 54.6 Å². The van der Waals surface area contributed by atoms with Gasteiger partial charge in [0, 0.05) is 45.6 Å². The molecule has 280 valence electrons. The van der Waals surface area contributed by atoms with Crippen LogP contribution < -0.4 is 20.7 Å². The number of ether oxygens (including phenoxy) is 2. The zero-order valence-electron chi connectivity index (χ0n) is 30.5. The first kappa shape index (κ1) is 38.4. The Bertz CT molecular complexity index is 1620. The average Bonchev–Trinajstić information content (AvgIpc) is 3.50. The van der Waals surface area contributed by atoms with Crippen LogP contribution in [-0.2, 0) is 43.4 Å². The number of aromatic nitrogens is 3. The first-order valence-electron chi connectivity index (χ1n) is 18.3. The average molecular weight is 717 g/mol. The molecule has 3 heterocycles. The Morgan fingerprint density at radius 1 is 0.923 bits per heavy atom. The highest BCUT2D eigenvalue weighted by molar-refractivity contribution is 5.88. The van der Waals surface area contributed by atoms with E-state index in [1.54, 1.807) is 16.5 Å². The minimum absolute atomic E-state index is 0.0245. The molecule has 0 unspecified atom stereocenters. The number of benzene rings is 2. The van der Waals surface area contributed by atoms with Gasteiger partial charge in [0.25, 0.3) is 5.91 Å². The standard InChI is InChI=1S/C38H52N8O6/c1-27(2)36-37-40-28(3)43-46(37)25-34(48)39-16-8-18-44(17-7-11-33(47)41-32(38(50)42-36)23-29-9-5-4-6-10-29)24-30-12-14-31(15-13-30)52-26-35(49)45-19-21-51-22-20-45/h4-6,9-10,12-15,27,32,36H,7-8,11,16-26H2,1-3H3,(H,39,48)(H,41,47)(H,42,50)/t32-,36+/m1/s1. The van der Waals surface area contributed by atoms with Crippen molar-refractivity contribution in [3.8, 4) is 5.75 Å². The number of nitrogens with zero attached hydrogens (tertiary/aromatic N) is 5. The number of amides is 4. The van der Waals surface area contributed by atoms with Crippen LogP contribution in [0.2, 0.25) is 0 Å². The van der Waals surface area contributed by atoms with Gasteiger partial charge in [-0.05, 0) is 55.5 Å². The zero-order valence-corrected chi connectivity index (χ0v) is 30.5. The van der Waals surface area contributed by atoms with Gasteiger partial charge in [0.1, 0.15) is 24.2 Å². The van der Waals surface area contributed by atoms with E-state index in [4.69, 9.17) is 9.47 Å². The Labute approximate surface area is 305 Å². The number of carbonyl (C=O) groups excluding carboxylic acids is 4. The van der Waals surface area contributed by atoms with E-state index in [-0.39, 0.29) is 49.1 Å². The third-order valence-electron chi connectivity index (χ3n) is 9.18. The largest absolute Gasteiger partial charge is 0.484 e. The van der Waals surface area contributed by atoms with E-state index in [0.29, 0.717) is 89.1 Å². The summed E-state index contributed by atoms with van der Waals surface area (Å²) in [5.41, 5.74) is 1.98. The predicted molar refractivity (Wildman–Crippen MR) is 194 cm³/mol. The van der Waals surface area contributed by atoms with Gasteiger partial charge in [-0.2, -0.15) is 5.10 Å². The lowest BCUT2D eigenvalue weighted by molar-refractivity contribution is -0.137. The molecule has 2 atom stereocenters. The second kappa shape index (κ2) is 19.1. The Hall–Kier alpha value is -4.82. The molecule has 0 saturated carbocycles. The summed E-state index contributed by atoms with van der Waals surface area (Å²) in [7, 11) is 0. The van der Waals surface area contributed by atoms with E-state index in [2.05, 4.69) is 30.9 Å². The van der Waals surface area contributed by atoms with Crippen LogP contribution in [0.3, 0.4) is 0 Å². The van der Waals surface area contributed by atoms with Crippen molar-refractivity contribution in [3.63, 3.8) is 0 Å². The lowest BCUT2D eigenvalue weighted by Gasteiger charge is -2.27. The lowest BCUT2D eigenvalue weighted by atomic mass is 10.0. The number of morpholine rings is 1. The Morgan fingerprint density at radius 2 is 1.65 bits per heavy atom. The first-order chi connectivity index (χ1) is 25.1. The molecule has 1 aromatic heterocycles. The number of rotatable bonds is 8. The van der Waals surface area contributed by atoms with Crippen molar-refractivity contribution in [3.05, 3.63) is 77.4 Å². The summed E-state index contributed by atoms with van der Waals surface area (Å²) in [4.78, 5) is 61.4. The highest BCUT2D eigenvalue weighted by atomic mass is 16.5. The fraction of sp³-hybridized carbons (Fsp3) is 0.526. The number of aryl methyl sites for hydroxylation is 1. The van der Waals surface area contributed by atoms with Crippen LogP contribution in [0.5, 0.6) is 5.75 Å². The maximum absolute atomic E-state index is 13.9. The molecule has 2 aliphatic rings. The molecule has 14 heteroatoms. The predicted octanol–water partition coefficient (Wildman–Crippen LogP) is 2.17. The third kappa shape index (κ3) is 11.6. The molecule has 0 aliphatic carbocycles. The maximum Gasteiger partial charge on any atom is 0.260 e. The van der Waals surface area contributed by atoms with Crippen LogP contribution in [-0.4, -0.2) is 107 Å². The highest BCUT2D eigenvalue weighted by Crippen LogP contribution is 2.21. The fourth-order valence-corrected chi connectivity index (χ4v) is 6.38. The van der Waals surface area contributed by atoms with Crippen LogP contribution in [0, 0.1) is 12.8 Å². The van der Waals surface area contributed by atoms with E-state index in [9.17, 15) is 19.2 Å². The van der Waals surface area contributed by atoms with Gasteiger partial charge in [0.2, 0.25) is 17.7 Å². The van der Waals surface area contributed by atoms with Crippen LogP contribution in [0.1, 0.15) is 61.9 Å². The zero-order chi connectivity index (χ0) is 36.9. The third-order valence-corrected chi connectivity index (χ3v) is 9.18. The summed E-state index contributed by atoms with van der Waals surface area (Å²) >= 11 is 0. The quantitative estimate of drug-likeness (QED) is 0.318. The van der Waals surface area contributed by atoms with Crippen LogP contribution in [0.25, 0.3) is 0 Å². The van der Waals surface area contributed by atoms with E-state index in [1.807, 2.05) is 68.4 Å². The normalized spacial score (nSPS) is 20.2. The van der Waals surface area contributed by atoms with Crippen molar-refractivity contribution < 1.29 is 28.7 Å². The first-order valence-corrected chi connectivity index (χ1v) is 18.3. The van der Waals surface area contributed by atoms with Gasteiger partial charge in [-0.1, -0.05) is 56.3 Å². The number of fused-ring (bicyclic) bond motifs is 1. The summed E-state index contributed by atoms with van der Waals surface area (Å²) < 4.78 is 12.6. The molecule has 3 aromatic rings. The lowest BCUT2D eigenvalue weighted by Crippen LogP contribution is -2.50. The Morgan fingerprint density at radius 3 is 2.38 bits per heavy atom. The summed E-state index contributed by atoms with van der Waals surface area (Å²) in [6, 6.07) is 15.9.